The first-order valence-electron chi connectivity index (χ1n) is 8.00. The minimum absolute atomic E-state index is 0.0867. The number of pyridine rings is 1. The average Bonchev–Trinajstić information content (AvgIpc) is 3.12. The highest BCUT2D eigenvalue weighted by molar-refractivity contribution is 5.78. The van der Waals surface area contributed by atoms with E-state index in [4.69, 9.17) is 5.26 Å². The number of nitriles is 1. The Hall–Kier alpha value is -2.72. The SMILES string of the molecule is CN(C(=O)n1cnc(-c2cccnc2)c1)C1CCN(CC#N)CC1. The molecule has 7 heteroatoms. The molecule has 0 aliphatic carbocycles. The summed E-state index contributed by atoms with van der Waals surface area (Å²) in [6.45, 7) is 2.15. The van der Waals surface area contributed by atoms with Gasteiger partial charge in [-0.3, -0.25) is 14.5 Å². The van der Waals surface area contributed by atoms with Gasteiger partial charge < -0.3 is 4.90 Å². The Bertz CT molecular complexity index is 727. The summed E-state index contributed by atoms with van der Waals surface area (Å²) in [5, 5.41) is 8.76. The second-order valence-corrected chi connectivity index (χ2v) is 5.97. The van der Waals surface area contributed by atoms with E-state index in [2.05, 4.69) is 20.9 Å². The summed E-state index contributed by atoms with van der Waals surface area (Å²) in [7, 11) is 1.83. The molecule has 2 aromatic heterocycles. The van der Waals surface area contributed by atoms with E-state index in [9.17, 15) is 4.79 Å². The second kappa shape index (κ2) is 7.23. The molecule has 1 saturated heterocycles. The quantitative estimate of drug-likeness (QED) is 0.805. The molecule has 0 radical (unpaired) electrons. The molecule has 0 bridgehead atoms. The van der Waals surface area contributed by atoms with Crippen LogP contribution in [0.5, 0.6) is 0 Å². The lowest BCUT2D eigenvalue weighted by Crippen LogP contribution is -2.46. The summed E-state index contributed by atoms with van der Waals surface area (Å²) in [6.07, 6.45) is 8.48. The fourth-order valence-corrected chi connectivity index (χ4v) is 2.99. The summed E-state index contributed by atoms with van der Waals surface area (Å²) in [5.41, 5.74) is 1.62. The van der Waals surface area contributed by atoms with Crippen molar-refractivity contribution in [2.24, 2.45) is 0 Å². The van der Waals surface area contributed by atoms with Crippen LogP contribution in [0.3, 0.4) is 0 Å². The summed E-state index contributed by atoms with van der Waals surface area (Å²) < 4.78 is 1.52. The van der Waals surface area contributed by atoms with Crippen LogP contribution in [0.15, 0.2) is 37.1 Å². The molecule has 7 nitrogen and oxygen atoms in total. The topological polar surface area (TPSA) is 78.1 Å². The zero-order valence-electron chi connectivity index (χ0n) is 13.7. The van der Waals surface area contributed by atoms with Gasteiger partial charge in [-0.15, -0.1) is 0 Å². The lowest BCUT2D eigenvalue weighted by Gasteiger charge is -2.35. The fourth-order valence-electron chi connectivity index (χ4n) is 2.99. The first-order chi connectivity index (χ1) is 11.7. The van der Waals surface area contributed by atoms with Crippen LogP contribution in [0.4, 0.5) is 4.79 Å². The van der Waals surface area contributed by atoms with Gasteiger partial charge in [0.15, 0.2) is 0 Å². The van der Waals surface area contributed by atoms with Crippen LogP contribution in [0.2, 0.25) is 0 Å². The number of aromatic nitrogens is 3. The Balaban J connectivity index is 1.65. The highest BCUT2D eigenvalue weighted by Crippen LogP contribution is 2.18. The van der Waals surface area contributed by atoms with Gasteiger partial charge in [-0.1, -0.05) is 0 Å². The van der Waals surface area contributed by atoms with Gasteiger partial charge in [0, 0.05) is 50.3 Å². The minimum atomic E-state index is -0.0867. The molecule has 3 heterocycles. The van der Waals surface area contributed by atoms with Crippen molar-refractivity contribution >= 4 is 6.03 Å². The highest BCUT2D eigenvalue weighted by Gasteiger charge is 2.26. The highest BCUT2D eigenvalue weighted by atomic mass is 16.2. The van der Waals surface area contributed by atoms with E-state index in [-0.39, 0.29) is 12.1 Å². The van der Waals surface area contributed by atoms with Crippen molar-refractivity contribution in [1.29, 1.82) is 5.26 Å². The van der Waals surface area contributed by atoms with Crippen molar-refractivity contribution < 1.29 is 4.79 Å². The summed E-state index contributed by atoms with van der Waals surface area (Å²) in [4.78, 5) is 24.9. The van der Waals surface area contributed by atoms with E-state index < -0.39 is 0 Å². The van der Waals surface area contributed by atoms with Crippen LogP contribution < -0.4 is 0 Å². The smallest absolute Gasteiger partial charge is 0.324 e. The largest absolute Gasteiger partial charge is 0.329 e. The number of piperidine rings is 1. The Morgan fingerprint density at radius 1 is 1.46 bits per heavy atom. The minimum Gasteiger partial charge on any atom is -0.324 e. The number of amides is 1. The van der Waals surface area contributed by atoms with Crippen LogP contribution in [0, 0.1) is 11.3 Å². The van der Waals surface area contributed by atoms with Gasteiger partial charge >= 0.3 is 6.03 Å². The average molecular weight is 324 g/mol. The summed E-state index contributed by atoms with van der Waals surface area (Å²) in [6, 6.07) is 6.04. The molecular weight excluding hydrogens is 304 g/mol. The van der Waals surface area contributed by atoms with E-state index in [0.29, 0.717) is 6.54 Å². The van der Waals surface area contributed by atoms with Crippen molar-refractivity contribution in [3.05, 3.63) is 37.1 Å². The number of likely N-dealkylation sites (tertiary alicyclic amines) is 1. The Morgan fingerprint density at radius 3 is 2.92 bits per heavy atom. The van der Waals surface area contributed by atoms with Gasteiger partial charge in [0.1, 0.15) is 6.33 Å². The number of carbonyl (C=O) groups excluding carboxylic acids is 1. The first kappa shape index (κ1) is 16.1. The van der Waals surface area contributed by atoms with Crippen LogP contribution in [-0.2, 0) is 0 Å². The van der Waals surface area contributed by atoms with E-state index >= 15 is 0 Å². The third-order valence-corrected chi connectivity index (χ3v) is 4.46. The molecule has 1 fully saturated rings. The molecule has 124 valence electrons. The lowest BCUT2D eigenvalue weighted by molar-refractivity contribution is 0.143. The molecule has 3 rings (SSSR count). The van der Waals surface area contributed by atoms with Crippen LogP contribution in [-0.4, -0.2) is 63.1 Å². The third-order valence-electron chi connectivity index (χ3n) is 4.46. The van der Waals surface area contributed by atoms with Crippen LogP contribution in [0.1, 0.15) is 12.8 Å². The second-order valence-electron chi connectivity index (χ2n) is 5.97. The van der Waals surface area contributed by atoms with Crippen molar-refractivity contribution in [1.82, 2.24) is 24.3 Å². The van der Waals surface area contributed by atoms with Gasteiger partial charge in [-0.2, -0.15) is 5.26 Å². The predicted octanol–water partition coefficient (Wildman–Crippen LogP) is 1.83. The maximum absolute atomic E-state index is 12.7. The zero-order chi connectivity index (χ0) is 16.9. The molecule has 2 aromatic rings. The molecule has 24 heavy (non-hydrogen) atoms. The maximum Gasteiger partial charge on any atom is 0.329 e. The molecule has 0 spiro atoms. The van der Waals surface area contributed by atoms with E-state index in [1.54, 1.807) is 29.8 Å². The van der Waals surface area contributed by atoms with Gasteiger partial charge in [-0.05, 0) is 25.0 Å². The van der Waals surface area contributed by atoms with E-state index in [0.717, 1.165) is 37.2 Å². The molecule has 0 unspecified atom stereocenters. The van der Waals surface area contributed by atoms with Crippen molar-refractivity contribution in [2.45, 2.75) is 18.9 Å². The third kappa shape index (κ3) is 3.44. The monoisotopic (exact) mass is 324 g/mol. The lowest BCUT2D eigenvalue weighted by atomic mass is 10.0. The first-order valence-corrected chi connectivity index (χ1v) is 8.00. The van der Waals surface area contributed by atoms with Gasteiger partial charge in [0.25, 0.3) is 0 Å². The zero-order valence-corrected chi connectivity index (χ0v) is 13.7. The molecule has 0 atom stereocenters. The normalized spacial score (nSPS) is 15.8. The number of carbonyl (C=O) groups is 1. The summed E-state index contributed by atoms with van der Waals surface area (Å²) >= 11 is 0. The number of rotatable bonds is 3. The number of nitrogens with zero attached hydrogens (tertiary/aromatic N) is 6. The number of imidazole rings is 1. The molecule has 0 saturated carbocycles. The van der Waals surface area contributed by atoms with Crippen LogP contribution >= 0.6 is 0 Å². The summed E-state index contributed by atoms with van der Waals surface area (Å²) in [5.74, 6) is 0. The predicted molar refractivity (Wildman–Crippen MR) is 89.1 cm³/mol. The maximum atomic E-state index is 12.7. The number of hydrogen-bond donors (Lipinski definition) is 0. The molecule has 0 N–H and O–H groups in total. The van der Waals surface area contributed by atoms with Gasteiger partial charge in [0.05, 0.1) is 18.3 Å². The molecule has 1 aliphatic rings. The molecule has 1 aliphatic heterocycles. The fraction of sp³-hybridized carbons (Fsp3) is 0.412. The van der Waals surface area contributed by atoms with Crippen molar-refractivity contribution in [3.63, 3.8) is 0 Å². The number of hydrogen-bond acceptors (Lipinski definition) is 5. The Morgan fingerprint density at radius 2 is 2.25 bits per heavy atom. The molecular formula is C17H20N6O. The van der Waals surface area contributed by atoms with Gasteiger partial charge in [-0.25, -0.2) is 9.78 Å². The van der Waals surface area contributed by atoms with E-state index in [1.165, 1.54) is 4.57 Å². The van der Waals surface area contributed by atoms with Crippen molar-refractivity contribution in [3.8, 4) is 17.3 Å². The van der Waals surface area contributed by atoms with Gasteiger partial charge in [0.2, 0.25) is 0 Å². The Labute approximate surface area is 141 Å². The van der Waals surface area contributed by atoms with Crippen molar-refractivity contribution in [2.75, 3.05) is 26.7 Å². The van der Waals surface area contributed by atoms with E-state index in [1.807, 2.05) is 19.2 Å². The molecule has 0 aromatic carbocycles. The Kier molecular flexibility index (Phi) is 4.87. The molecule has 1 amide bonds. The standard InChI is InChI=1S/C17H20N6O/c1-21(15-4-8-22(9-5-15)10-6-18)17(24)23-12-16(20-13-23)14-3-2-7-19-11-14/h2-3,7,11-13,15H,4-5,8-10H2,1H3. The van der Waals surface area contributed by atoms with Crippen LogP contribution in [0.25, 0.3) is 11.3 Å².